The Balaban J connectivity index is 2.59. The number of ether oxygens (including phenoxy) is 1. The van der Waals surface area contributed by atoms with Crippen LogP contribution in [-0.4, -0.2) is 36.8 Å². The van der Waals surface area contributed by atoms with Crippen LogP contribution in [0.2, 0.25) is 0 Å². The lowest BCUT2D eigenvalue weighted by molar-refractivity contribution is 0.0446. The van der Waals surface area contributed by atoms with Crippen molar-refractivity contribution in [2.45, 2.75) is 32.6 Å². The molecule has 0 aromatic carbocycles. The first-order chi connectivity index (χ1) is 9.95. The van der Waals surface area contributed by atoms with Crippen LogP contribution < -0.4 is 11.3 Å². The van der Waals surface area contributed by atoms with Gasteiger partial charge in [0.1, 0.15) is 12.2 Å². The highest BCUT2D eigenvalue weighted by Gasteiger charge is 2.18. The SMILES string of the molecule is [CH2]C([CH2])OCn1nnc2c(CCC)nn(C(=N)N)c2c1=O. The van der Waals surface area contributed by atoms with E-state index in [9.17, 15) is 4.79 Å². The summed E-state index contributed by atoms with van der Waals surface area (Å²) in [5.41, 5.74) is 6.05. The molecule has 0 atom stereocenters. The molecule has 0 saturated heterocycles. The molecule has 0 saturated carbocycles. The van der Waals surface area contributed by atoms with Crippen LogP contribution in [0, 0.1) is 19.3 Å². The third kappa shape index (κ3) is 2.92. The maximum absolute atomic E-state index is 12.4. The van der Waals surface area contributed by atoms with E-state index >= 15 is 0 Å². The van der Waals surface area contributed by atoms with E-state index in [2.05, 4.69) is 29.3 Å². The second kappa shape index (κ2) is 6.00. The van der Waals surface area contributed by atoms with Crippen LogP contribution in [-0.2, 0) is 17.9 Å². The summed E-state index contributed by atoms with van der Waals surface area (Å²) in [5, 5.41) is 19.5. The number of nitrogens with two attached hydrogens (primary N) is 1. The molecule has 2 aromatic heterocycles. The van der Waals surface area contributed by atoms with Crippen LogP contribution >= 0.6 is 0 Å². The summed E-state index contributed by atoms with van der Waals surface area (Å²) in [6, 6.07) is 0. The van der Waals surface area contributed by atoms with Crippen molar-refractivity contribution in [3.63, 3.8) is 0 Å². The molecule has 0 aliphatic carbocycles. The number of hydrogen-bond donors (Lipinski definition) is 2. The summed E-state index contributed by atoms with van der Waals surface area (Å²) >= 11 is 0. The molecule has 0 aliphatic rings. The van der Waals surface area contributed by atoms with Crippen molar-refractivity contribution < 1.29 is 4.74 Å². The zero-order valence-corrected chi connectivity index (χ0v) is 11.7. The van der Waals surface area contributed by atoms with Gasteiger partial charge in [-0.2, -0.15) is 14.5 Å². The topological polar surface area (TPSA) is 125 Å². The minimum atomic E-state index is -0.539. The summed E-state index contributed by atoms with van der Waals surface area (Å²) in [4.78, 5) is 12.4. The summed E-state index contributed by atoms with van der Waals surface area (Å²) in [6.45, 7) is 8.95. The summed E-state index contributed by atoms with van der Waals surface area (Å²) in [5.74, 6) is -0.355. The molecule has 2 radical (unpaired) electrons. The van der Waals surface area contributed by atoms with Crippen molar-refractivity contribution in [1.82, 2.24) is 24.8 Å². The predicted molar refractivity (Wildman–Crippen MR) is 76.5 cm³/mol. The molecular weight excluding hydrogens is 274 g/mol. The molecular formula is C12H17N7O2. The van der Waals surface area contributed by atoms with Crippen molar-refractivity contribution in [2.75, 3.05) is 0 Å². The van der Waals surface area contributed by atoms with Crippen LogP contribution in [0.3, 0.4) is 0 Å². The zero-order chi connectivity index (χ0) is 15.6. The number of aryl methyl sites for hydroxylation is 1. The minimum absolute atomic E-state index is 0.120. The molecule has 0 spiro atoms. The molecule has 2 heterocycles. The van der Waals surface area contributed by atoms with Crippen LogP contribution in [0.15, 0.2) is 4.79 Å². The van der Waals surface area contributed by atoms with Gasteiger partial charge in [0.05, 0.1) is 11.8 Å². The molecule has 9 heteroatoms. The van der Waals surface area contributed by atoms with Crippen LogP contribution in [0.1, 0.15) is 19.0 Å². The standard InChI is InChI=1S/C12H17N7O2/c1-4-5-8-9-10(19(16-8)12(13)14)11(20)18(17-15-9)6-21-7(2)3/h7H,2-6H2,1H3,(H3,13,14). The van der Waals surface area contributed by atoms with Crippen LogP contribution in [0.5, 0.6) is 0 Å². The van der Waals surface area contributed by atoms with Crippen molar-refractivity contribution in [2.24, 2.45) is 5.73 Å². The van der Waals surface area contributed by atoms with E-state index in [4.69, 9.17) is 15.9 Å². The Kier molecular flexibility index (Phi) is 4.32. The molecule has 0 bridgehead atoms. The Morgan fingerprint density at radius 1 is 1.52 bits per heavy atom. The molecule has 2 rings (SSSR count). The Hall–Kier alpha value is -2.29. The van der Waals surface area contributed by atoms with Gasteiger partial charge in [0.25, 0.3) is 5.56 Å². The van der Waals surface area contributed by atoms with Crippen molar-refractivity contribution in [1.29, 1.82) is 5.41 Å². The summed E-state index contributed by atoms with van der Waals surface area (Å²) in [7, 11) is 0. The van der Waals surface area contributed by atoms with Crippen molar-refractivity contribution in [3.8, 4) is 0 Å². The second-order valence-corrected chi connectivity index (χ2v) is 4.50. The fourth-order valence-corrected chi connectivity index (χ4v) is 1.85. The number of nitrogens with zero attached hydrogens (tertiary/aromatic N) is 5. The van der Waals surface area contributed by atoms with E-state index in [0.717, 1.165) is 15.8 Å². The number of fused-ring (bicyclic) bond motifs is 1. The normalized spacial score (nSPS) is 11.4. The number of aromatic nitrogens is 5. The smallest absolute Gasteiger partial charge is 0.298 e. The molecule has 112 valence electrons. The fourth-order valence-electron chi connectivity index (χ4n) is 1.85. The third-order valence-corrected chi connectivity index (χ3v) is 2.77. The first-order valence-electron chi connectivity index (χ1n) is 6.43. The van der Waals surface area contributed by atoms with Crippen molar-refractivity contribution in [3.05, 3.63) is 29.9 Å². The molecule has 21 heavy (non-hydrogen) atoms. The van der Waals surface area contributed by atoms with Crippen molar-refractivity contribution >= 4 is 17.0 Å². The molecule has 9 nitrogen and oxygen atoms in total. The Morgan fingerprint density at radius 3 is 2.81 bits per heavy atom. The van der Waals surface area contributed by atoms with E-state index in [1.807, 2.05) is 6.92 Å². The van der Waals surface area contributed by atoms with Gasteiger partial charge in [-0.1, -0.05) is 18.6 Å². The molecule has 0 aliphatic heterocycles. The van der Waals surface area contributed by atoms with Gasteiger partial charge >= 0.3 is 0 Å². The molecule has 2 aromatic rings. The van der Waals surface area contributed by atoms with Gasteiger partial charge < -0.3 is 10.5 Å². The fraction of sp³-hybridized carbons (Fsp3) is 0.417. The van der Waals surface area contributed by atoms with Gasteiger partial charge in [-0.05, 0) is 20.3 Å². The minimum Gasteiger partial charge on any atom is -0.368 e. The molecule has 3 N–H and O–H groups in total. The lowest BCUT2D eigenvalue weighted by Crippen LogP contribution is -2.31. The van der Waals surface area contributed by atoms with E-state index in [1.54, 1.807) is 0 Å². The van der Waals surface area contributed by atoms with Gasteiger partial charge in [-0.15, -0.1) is 5.10 Å². The van der Waals surface area contributed by atoms with Gasteiger partial charge in [0, 0.05) is 0 Å². The Labute approximate surface area is 121 Å². The van der Waals surface area contributed by atoms with E-state index in [0.29, 0.717) is 17.6 Å². The van der Waals surface area contributed by atoms with Gasteiger partial charge in [-0.25, -0.2) is 0 Å². The number of nitrogen functional groups attached to an aromatic ring is 1. The quantitative estimate of drug-likeness (QED) is 0.575. The molecule has 0 unspecified atom stereocenters. The van der Waals surface area contributed by atoms with Crippen LogP contribution in [0.4, 0.5) is 0 Å². The first-order valence-corrected chi connectivity index (χ1v) is 6.43. The number of hydrogen-bond acceptors (Lipinski definition) is 6. The third-order valence-electron chi connectivity index (χ3n) is 2.77. The highest BCUT2D eigenvalue weighted by molar-refractivity contribution is 5.89. The number of rotatable bonds is 5. The first kappa shape index (κ1) is 15.1. The molecule has 0 amide bonds. The van der Waals surface area contributed by atoms with Crippen LogP contribution in [0.25, 0.3) is 11.0 Å². The highest BCUT2D eigenvalue weighted by Crippen LogP contribution is 2.13. The van der Waals surface area contributed by atoms with E-state index < -0.39 is 11.7 Å². The lowest BCUT2D eigenvalue weighted by Gasteiger charge is -2.08. The largest absolute Gasteiger partial charge is 0.368 e. The summed E-state index contributed by atoms with van der Waals surface area (Å²) < 4.78 is 7.22. The van der Waals surface area contributed by atoms with E-state index in [1.165, 1.54) is 0 Å². The Bertz CT molecular complexity index is 716. The number of nitrogens with one attached hydrogen (secondary N) is 1. The zero-order valence-electron chi connectivity index (χ0n) is 11.7. The van der Waals surface area contributed by atoms with Gasteiger partial charge in [0.15, 0.2) is 5.52 Å². The monoisotopic (exact) mass is 291 g/mol. The van der Waals surface area contributed by atoms with Gasteiger partial charge in [0.2, 0.25) is 5.96 Å². The second-order valence-electron chi connectivity index (χ2n) is 4.50. The maximum atomic E-state index is 12.4. The average molecular weight is 291 g/mol. The summed E-state index contributed by atoms with van der Waals surface area (Å²) in [6.07, 6.45) is 0.899. The highest BCUT2D eigenvalue weighted by atomic mass is 16.5. The average Bonchev–Trinajstić information content (AvgIpc) is 2.78. The maximum Gasteiger partial charge on any atom is 0.298 e. The Morgan fingerprint density at radius 2 is 2.24 bits per heavy atom. The predicted octanol–water partition coefficient (Wildman–Crippen LogP) is -0.307. The van der Waals surface area contributed by atoms with Gasteiger partial charge in [-0.3, -0.25) is 10.2 Å². The molecule has 0 fully saturated rings. The van der Waals surface area contributed by atoms with E-state index in [-0.39, 0.29) is 18.2 Å². The lowest BCUT2D eigenvalue weighted by atomic mass is 10.2.